The first kappa shape index (κ1) is 15.8. The van der Waals surface area contributed by atoms with Crippen molar-refractivity contribution in [2.45, 2.75) is 43.8 Å². The molecule has 1 fully saturated rings. The number of amides is 1. The zero-order valence-electron chi connectivity index (χ0n) is 11.5. The van der Waals surface area contributed by atoms with E-state index in [1.807, 2.05) is 0 Å². The molecule has 1 saturated carbocycles. The van der Waals surface area contributed by atoms with E-state index in [1.165, 1.54) is 0 Å². The average molecular weight is 301 g/mol. The second kappa shape index (κ2) is 6.01. The average Bonchev–Trinajstić information content (AvgIpc) is 2.45. The van der Waals surface area contributed by atoms with Gasteiger partial charge in [-0.15, -0.1) is 0 Å². The van der Waals surface area contributed by atoms with E-state index in [4.69, 9.17) is 5.73 Å². The highest BCUT2D eigenvalue weighted by Gasteiger charge is 2.32. The van der Waals surface area contributed by atoms with Gasteiger partial charge in [-0.1, -0.05) is 19.3 Å². The molecule has 1 aliphatic carbocycles. The summed E-state index contributed by atoms with van der Waals surface area (Å²) in [6.45, 7) is 0.326. The highest BCUT2D eigenvalue weighted by atomic mass is 19.4. The summed E-state index contributed by atoms with van der Waals surface area (Å²) < 4.78 is 37.1. The number of nitrogens with one attached hydrogen (secondary N) is 1. The van der Waals surface area contributed by atoms with E-state index >= 15 is 0 Å². The van der Waals surface area contributed by atoms with Gasteiger partial charge in [0.25, 0.3) is 5.91 Å². The molecule has 1 amide bonds. The van der Waals surface area contributed by atoms with Crippen LogP contribution >= 0.6 is 0 Å². The summed E-state index contributed by atoms with van der Waals surface area (Å²) in [6.07, 6.45) is 1.34. The first-order chi connectivity index (χ1) is 9.80. The van der Waals surface area contributed by atoms with Gasteiger partial charge in [0.05, 0.1) is 5.56 Å². The first-order valence-corrected chi connectivity index (χ1v) is 6.91. The number of carbonyl (C=O) groups excluding carboxylic acids is 1. The van der Waals surface area contributed by atoms with Crippen LogP contribution in [0.15, 0.2) is 18.3 Å². The van der Waals surface area contributed by atoms with E-state index < -0.39 is 23.3 Å². The molecule has 4 nitrogen and oxygen atoms in total. The van der Waals surface area contributed by atoms with Crippen molar-refractivity contribution in [3.05, 3.63) is 29.6 Å². The fourth-order valence-electron chi connectivity index (χ4n) is 2.49. The zero-order valence-corrected chi connectivity index (χ0v) is 11.5. The molecule has 1 aliphatic rings. The smallest absolute Gasteiger partial charge is 0.350 e. The second-order valence-corrected chi connectivity index (χ2v) is 5.54. The number of halogens is 3. The third kappa shape index (κ3) is 4.17. The van der Waals surface area contributed by atoms with Crippen molar-refractivity contribution >= 4 is 5.91 Å². The predicted octanol–water partition coefficient (Wildman–Crippen LogP) is 2.49. The largest absolute Gasteiger partial charge is 0.433 e. The number of hydrogen-bond donors (Lipinski definition) is 2. The van der Waals surface area contributed by atoms with E-state index in [9.17, 15) is 18.0 Å². The molecule has 21 heavy (non-hydrogen) atoms. The summed E-state index contributed by atoms with van der Waals surface area (Å²) in [6, 6.07) is 1.92. The number of hydrogen-bond acceptors (Lipinski definition) is 3. The minimum atomic E-state index is -4.50. The molecule has 0 aromatic carbocycles. The van der Waals surface area contributed by atoms with Crippen molar-refractivity contribution < 1.29 is 18.0 Å². The Morgan fingerprint density at radius 1 is 1.29 bits per heavy atom. The monoisotopic (exact) mass is 301 g/mol. The van der Waals surface area contributed by atoms with Crippen molar-refractivity contribution in [1.82, 2.24) is 10.3 Å². The summed E-state index contributed by atoms with van der Waals surface area (Å²) in [4.78, 5) is 15.2. The van der Waals surface area contributed by atoms with E-state index in [1.54, 1.807) is 0 Å². The first-order valence-electron chi connectivity index (χ1n) is 6.91. The van der Waals surface area contributed by atoms with Crippen LogP contribution in [0.3, 0.4) is 0 Å². The predicted molar refractivity (Wildman–Crippen MR) is 71.6 cm³/mol. The number of carbonyl (C=O) groups is 1. The van der Waals surface area contributed by atoms with Crippen LogP contribution in [0, 0.1) is 0 Å². The number of rotatable bonds is 3. The molecule has 0 bridgehead atoms. The van der Waals surface area contributed by atoms with Gasteiger partial charge in [-0.05, 0) is 25.0 Å². The van der Waals surface area contributed by atoms with Gasteiger partial charge in [-0.25, -0.2) is 0 Å². The maximum atomic E-state index is 12.4. The van der Waals surface area contributed by atoms with Crippen molar-refractivity contribution in [2.75, 3.05) is 6.54 Å². The summed E-state index contributed by atoms with van der Waals surface area (Å²) in [7, 11) is 0. The van der Waals surface area contributed by atoms with Gasteiger partial charge in [0.1, 0.15) is 5.69 Å². The minimum absolute atomic E-state index is 0.0995. The maximum Gasteiger partial charge on any atom is 0.433 e. The molecule has 1 aromatic rings. The molecule has 0 spiro atoms. The lowest BCUT2D eigenvalue weighted by molar-refractivity contribution is -0.141. The number of pyridine rings is 1. The Hall–Kier alpha value is -1.63. The van der Waals surface area contributed by atoms with Gasteiger partial charge in [0.15, 0.2) is 0 Å². The van der Waals surface area contributed by atoms with Crippen LogP contribution in [0.25, 0.3) is 0 Å². The van der Waals surface area contributed by atoms with Crippen LogP contribution in [-0.2, 0) is 6.18 Å². The van der Waals surface area contributed by atoms with Crippen molar-refractivity contribution in [3.63, 3.8) is 0 Å². The molecule has 2 rings (SSSR count). The highest BCUT2D eigenvalue weighted by Crippen LogP contribution is 2.27. The minimum Gasteiger partial charge on any atom is -0.350 e. The molecular weight excluding hydrogens is 283 g/mol. The Morgan fingerprint density at radius 2 is 1.95 bits per heavy atom. The molecule has 0 unspecified atom stereocenters. The quantitative estimate of drug-likeness (QED) is 0.901. The van der Waals surface area contributed by atoms with Gasteiger partial charge in [0.2, 0.25) is 0 Å². The molecule has 0 aliphatic heterocycles. The number of nitrogens with two attached hydrogens (primary N) is 1. The number of alkyl halides is 3. The lowest BCUT2D eigenvalue weighted by atomic mass is 9.82. The van der Waals surface area contributed by atoms with Gasteiger partial charge in [0, 0.05) is 18.3 Å². The fraction of sp³-hybridized carbons (Fsp3) is 0.571. The van der Waals surface area contributed by atoms with Crippen LogP contribution in [-0.4, -0.2) is 23.0 Å². The standard InChI is InChI=1S/C14H18F3N3O/c15-14(16,17)11-5-4-10(8-19-11)12(21)20-9-13(18)6-2-1-3-7-13/h4-5,8H,1-3,6-7,9,18H2,(H,20,21). The molecule has 1 aromatic heterocycles. The number of aromatic nitrogens is 1. The third-order valence-electron chi connectivity index (χ3n) is 3.77. The second-order valence-electron chi connectivity index (χ2n) is 5.54. The Labute approximate surface area is 120 Å². The van der Waals surface area contributed by atoms with Crippen LogP contribution in [0.2, 0.25) is 0 Å². The van der Waals surface area contributed by atoms with Gasteiger partial charge >= 0.3 is 6.18 Å². The van der Waals surface area contributed by atoms with E-state index in [0.717, 1.165) is 50.4 Å². The molecule has 3 N–H and O–H groups in total. The lowest BCUT2D eigenvalue weighted by Crippen LogP contribution is -2.51. The van der Waals surface area contributed by atoms with Crippen LogP contribution in [0.4, 0.5) is 13.2 Å². The summed E-state index contributed by atoms with van der Waals surface area (Å²) in [5.74, 6) is -0.452. The van der Waals surface area contributed by atoms with Gasteiger partial charge in [-0.2, -0.15) is 13.2 Å². The Bertz CT molecular complexity index is 493. The summed E-state index contributed by atoms with van der Waals surface area (Å²) in [5.41, 5.74) is 4.87. The zero-order chi connectivity index (χ0) is 15.5. The summed E-state index contributed by atoms with van der Waals surface area (Å²) in [5, 5.41) is 2.68. The van der Waals surface area contributed by atoms with E-state index in [0.29, 0.717) is 6.54 Å². The maximum absolute atomic E-state index is 12.4. The van der Waals surface area contributed by atoms with E-state index in [-0.39, 0.29) is 5.56 Å². The molecule has 7 heteroatoms. The molecule has 0 atom stereocenters. The Morgan fingerprint density at radius 3 is 2.48 bits per heavy atom. The fourth-order valence-corrected chi connectivity index (χ4v) is 2.49. The highest BCUT2D eigenvalue weighted by molar-refractivity contribution is 5.93. The topological polar surface area (TPSA) is 68.0 Å². The van der Waals surface area contributed by atoms with E-state index in [2.05, 4.69) is 10.3 Å². The Kier molecular flexibility index (Phi) is 4.51. The molecule has 0 saturated heterocycles. The molecular formula is C14H18F3N3O. The summed E-state index contributed by atoms with van der Waals surface area (Å²) >= 11 is 0. The van der Waals surface area contributed by atoms with Gasteiger partial charge < -0.3 is 11.1 Å². The van der Waals surface area contributed by atoms with Gasteiger partial charge in [-0.3, -0.25) is 9.78 Å². The van der Waals surface area contributed by atoms with Crippen LogP contribution < -0.4 is 11.1 Å². The van der Waals surface area contributed by atoms with Crippen LogP contribution in [0.5, 0.6) is 0 Å². The van der Waals surface area contributed by atoms with Crippen molar-refractivity contribution in [1.29, 1.82) is 0 Å². The molecule has 0 radical (unpaired) electrons. The van der Waals surface area contributed by atoms with Crippen molar-refractivity contribution in [2.24, 2.45) is 5.73 Å². The SMILES string of the molecule is NC1(CNC(=O)c2ccc(C(F)(F)F)nc2)CCCCC1. The van der Waals surface area contributed by atoms with Crippen LogP contribution in [0.1, 0.15) is 48.2 Å². The normalized spacial score (nSPS) is 18.3. The van der Waals surface area contributed by atoms with Crippen molar-refractivity contribution in [3.8, 4) is 0 Å². The third-order valence-corrected chi connectivity index (χ3v) is 3.77. The Balaban J connectivity index is 1.94. The molecule has 116 valence electrons. The lowest BCUT2D eigenvalue weighted by Gasteiger charge is -2.33. The number of nitrogens with zero attached hydrogens (tertiary/aromatic N) is 1. The molecule has 1 heterocycles.